The van der Waals surface area contributed by atoms with Gasteiger partial charge in [0.2, 0.25) is 0 Å². The number of fused-ring (bicyclic) bond motifs is 1. The zero-order valence-corrected chi connectivity index (χ0v) is 13.3. The molecule has 0 aliphatic heterocycles. The molecule has 1 aliphatic rings. The van der Waals surface area contributed by atoms with Gasteiger partial charge in [0.1, 0.15) is 0 Å². The summed E-state index contributed by atoms with van der Waals surface area (Å²) < 4.78 is 0. The fourth-order valence-corrected chi connectivity index (χ4v) is 2.99. The fourth-order valence-electron chi connectivity index (χ4n) is 2.99. The van der Waals surface area contributed by atoms with Crippen molar-refractivity contribution in [1.82, 2.24) is 10.2 Å². The topological polar surface area (TPSA) is 40.7 Å². The highest BCUT2D eigenvalue weighted by Gasteiger charge is 2.13. The molecule has 2 rings (SSSR count). The molecule has 1 aromatic heterocycles. The summed E-state index contributed by atoms with van der Waals surface area (Å²) >= 11 is 0. The first kappa shape index (κ1) is 15.4. The van der Waals surface area contributed by atoms with Gasteiger partial charge in [0.25, 0.3) is 0 Å². The molecule has 0 aromatic carbocycles. The Hall–Kier alpha value is -0.990. The monoisotopic (exact) mass is 277 g/mol. The summed E-state index contributed by atoms with van der Waals surface area (Å²) in [5, 5.41) is 11.3. The molecule has 0 atom stereocenters. The van der Waals surface area contributed by atoms with Crippen LogP contribution in [0.3, 0.4) is 0 Å². The summed E-state index contributed by atoms with van der Waals surface area (Å²) in [6.45, 7) is 5.50. The van der Waals surface area contributed by atoms with Crippen LogP contribution < -0.4 is 5.32 Å². The number of H-pyrrole nitrogens is 1. The van der Waals surface area contributed by atoms with Gasteiger partial charge >= 0.3 is 0 Å². The van der Waals surface area contributed by atoms with Crippen LogP contribution in [0.5, 0.6) is 0 Å². The summed E-state index contributed by atoms with van der Waals surface area (Å²) in [6.07, 6.45) is 13.4. The molecule has 1 heterocycles. The van der Waals surface area contributed by atoms with Crippen LogP contribution in [0.25, 0.3) is 0 Å². The second-order valence-corrected chi connectivity index (χ2v) is 6.63. The normalized spacial score (nSPS) is 18.1. The van der Waals surface area contributed by atoms with E-state index >= 15 is 0 Å². The predicted octanol–water partition coefficient (Wildman–Crippen LogP) is 4.70. The number of nitrogens with zero attached hydrogens (tertiary/aromatic N) is 1. The van der Waals surface area contributed by atoms with Crippen LogP contribution in [0.15, 0.2) is 0 Å². The number of rotatable bonds is 3. The maximum Gasteiger partial charge on any atom is 0.151 e. The Morgan fingerprint density at radius 3 is 2.20 bits per heavy atom. The Labute approximate surface area is 123 Å². The Balaban J connectivity index is 2.01. The van der Waals surface area contributed by atoms with Crippen molar-refractivity contribution >= 4 is 5.82 Å². The lowest BCUT2D eigenvalue weighted by atomic mass is 9.99. The first-order valence-electron chi connectivity index (χ1n) is 8.57. The van der Waals surface area contributed by atoms with Crippen LogP contribution in [0.2, 0.25) is 0 Å². The van der Waals surface area contributed by atoms with Gasteiger partial charge in [-0.25, -0.2) is 0 Å². The van der Waals surface area contributed by atoms with Crippen LogP contribution >= 0.6 is 0 Å². The zero-order chi connectivity index (χ0) is 14.2. The van der Waals surface area contributed by atoms with E-state index in [1.54, 1.807) is 0 Å². The number of anilines is 1. The molecule has 0 fully saturated rings. The van der Waals surface area contributed by atoms with Crippen LogP contribution in [-0.2, 0) is 12.8 Å². The molecule has 114 valence electrons. The molecule has 2 N–H and O–H groups in total. The molecule has 0 spiro atoms. The molecular weight excluding hydrogens is 246 g/mol. The minimum atomic E-state index is 0.661. The van der Waals surface area contributed by atoms with Gasteiger partial charge in [0.05, 0.1) is 0 Å². The second-order valence-electron chi connectivity index (χ2n) is 6.63. The Morgan fingerprint density at radius 1 is 0.950 bits per heavy atom. The summed E-state index contributed by atoms with van der Waals surface area (Å²) in [5.74, 6) is 1.78. The molecule has 1 aromatic rings. The quantitative estimate of drug-likeness (QED) is 0.841. The van der Waals surface area contributed by atoms with Crippen molar-refractivity contribution in [2.45, 2.75) is 78.1 Å². The van der Waals surface area contributed by atoms with E-state index in [2.05, 4.69) is 29.4 Å². The Morgan fingerprint density at radius 2 is 1.55 bits per heavy atom. The highest BCUT2D eigenvalue weighted by Crippen LogP contribution is 2.23. The van der Waals surface area contributed by atoms with Crippen molar-refractivity contribution in [3.8, 4) is 0 Å². The number of hydrogen-bond acceptors (Lipinski definition) is 2. The van der Waals surface area contributed by atoms with Crippen LogP contribution in [0, 0.1) is 5.92 Å². The maximum absolute atomic E-state index is 4.53. The average Bonchev–Trinajstić information content (AvgIpc) is 2.78. The number of hydrogen-bond donors (Lipinski definition) is 2. The van der Waals surface area contributed by atoms with Gasteiger partial charge in [0, 0.05) is 17.8 Å². The summed E-state index contributed by atoms with van der Waals surface area (Å²) in [7, 11) is 0. The number of aromatic nitrogens is 2. The van der Waals surface area contributed by atoms with Crippen molar-refractivity contribution in [3.63, 3.8) is 0 Å². The van der Waals surface area contributed by atoms with Crippen molar-refractivity contribution in [2.24, 2.45) is 5.92 Å². The molecule has 0 bridgehead atoms. The predicted molar refractivity (Wildman–Crippen MR) is 86.3 cm³/mol. The molecule has 0 saturated heterocycles. The minimum absolute atomic E-state index is 0.661. The highest BCUT2D eigenvalue weighted by atomic mass is 15.2. The standard InChI is InChI=1S/C17H31N3/c1-14(2)13-18-17-15-11-9-7-5-3-4-6-8-10-12-16(15)19-20-17/h14H,3-13H2,1-2H3,(H2,18,19,20). The van der Waals surface area contributed by atoms with Crippen molar-refractivity contribution in [2.75, 3.05) is 11.9 Å². The minimum Gasteiger partial charge on any atom is -0.368 e. The molecule has 0 amide bonds. The van der Waals surface area contributed by atoms with E-state index in [0.717, 1.165) is 12.4 Å². The third-order valence-corrected chi connectivity index (χ3v) is 4.23. The molecular formula is C17H31N3. The van der Waals surface area contributed by atoms with E-state index < -0.39 is 0 Å². The fraction of sp³-hybridized carbons (Fsp3) is 0.824. The van der Waals surface area contributed by atoms with Crippen LogP contribution in [0.4, 0.5) is 5.82 Å². The number of aromatic amines is 1. The van der Waals surface area contributed by atoms with E-state index in [0.29, 0.717) is 5.92 Å². The van der Waals surface area contributed by atoms with E-state index in [1.807, 2.05) is 0 Å². The molecule has 1 aliphatic carbocycles. The van der Waals surface area contributed by atoms with E-state index in [9.17, 15) is 0 Å². The van der Waals surface area contributed by atoms with Crippen molar-refractivity contribution < 1.29 is 0 Å². The molecule has 3 heteroatoms. The molecule has 0 radical (unpaired) electrons. The van der Waals surface area contributed by atoms with E-state index in [4.69, 9.17) is 0 Å². The van der Waals surface area contributed by atoms with Gasteiger partial charge in [-0.2, -0.15) is 5.10 Å². The summed E-state index contributed by atoms with van der Waals surface area (Å²) in [6, 6.07) is 0. The Bertz CT molecular complexity index is 382. The lowest BCUT2D eigenvalue weighted by molar-refractivity contribution is 0.558. The van der Waals surface area contributed by atoms with Crippen LogP contribution in [0.1, 0.15) is 76.5 Å². The van der Waals surface area contributed by atoms with Crippen molar-refractivity contribution in [1.29, 1.82) is 0 Å². The van der Waals surface area contributed by atoms with Crippen molar-refractivity contribution in [3.05, 3.63) is 11.3 Å². The van der Waals surface area contributed by atoms with Gasteiger partial charge in [-0.3, -0.25) is 5.10 Å². The van der Waals surface area contributed by atoms with E-state index in [-0.39, 0.29) is 0 Å². The van der Waals surface area contributed by atoms with Gasteiger partial charge in [-0.05, 0) is 31.6 Å². The largest absolute Gasteiger partial charge is 0.368 e. The highest BCUT2D eigenvalue weighted by molar-refractivity contribution is 5.46. The summed E-state index contributed by atoms with van der Waals surface area (Å²) in [5.41, 5.74) is 2.85. The molecule has 3 nitrogen and oxygen atoms in total. The second kappa shape index (κ2) is 8.33. The third kappa shape index (κ3) is 4.84. The lowest BCUT2D eigenvalue weighted by Crippen LogP contribution is -2.10. The number of nitrogens with one attached hydrogen (secondary N) is 2. The maximum atomic E-state index is 4.53. The smallest absolute Gasteiger partial charge is 0.151 e. The molecule has 0 saturated carbocycles. The third-order valence-electron chi connectivity index (χ3n) is 4.23. The lowest BCUT2D eigenvalue weighted by Gasteiger charge is -2.11. The molecule has 20 heavy (non-hydrogen) atoms. The first-order chi connectivity index (χ1) is 9.77. The van der Waals surface area contributed by atoms with E-state index in [1.165, 1.54) is 75.5 Å². The number of aryl methyl sites for hydroxylation is 1. The summed E-state index contributed by atoms with van der Waals surface area (Å²) in [4.78, 5) is 0. The molecule has 0 unspecified atom stereocenters. The van der Waals surface area contributed by atoms with Gasteiger partial charge in [-0.15, -0.1) is 0 Å². The van der Waals surface area contributed by atoms with Gasteiger partial charge in [-0.1, -0.05) is 52.4 Å². The first-order valence-corrected chi connectivity index (χ1v) is 8.57. The SMILES string of the molecule is CC(C)CNc1n[nH]c2c1CCCCCCCCCC2. The Kier molecular flexibility index (Phi) is 6.41. The van der Waals surface area contributed by atoms with Gasteiger partial charge < -0.3 is 5.32 Å². The van der Waals surface area contributed by atoms with Gasteiger partial charge in [0.15, 0.2) is 5.82 Å². The zero-order valence-electron chi connectivity index (χ0n) is 13.3. The average molecular weight is 277 g/mol. The van der Waals surface area contributed by atoms with Crippen LogP contribution in [-0.4, -0.2) is 16.7 Å².